The van der Waals surface area contributed by atoms with E-state index in [-0.39, 0.29) is 0 Å². The van der Waals surface area contributed by atoms with Crippen molar-refractivity contribution in [2.75, 3.05) is 18.0 Å². The maximum Gasteiger partial charge on any atom is 0.142 e. The van der Waals surface area contributed by atoms with E-state index in [4.69, 9.17) is 0 Å². The van der Waals surface area contributed by atoms with Crippen LogP contribution in [-0.4, -0.2) is 18.1 Å². The molecule has 0 unspecified atom stereocenters. The highest BCUT2D eigenvalue weighted by atomic mass is 79.9. The molecule has 0 N–H and O–H groups in total. The van der Waals surface area contributed by atoms with Crippen molar-refractivity contribution >= 4 is 21.7 Å². The standard InChI is InChI=1S/C14H23BrN2/c1-10(2)8-17(9-11(3)4)14-13(15)6-12(5)7-16-14/h6-7,10-11H,8-9H2,1-5H3. The molecule has 1 aromatic rings. The Bertz CT molecular complexity index is 351. The van der Waals surface area contributed by atoms with E-state index in [0.717, 1.165) is 23.4 Å². The first-order chi connectivity index (χ1) is 7.90. The number of hydrogen-bond donors (Lipinski definition) is 0. The summed E-state index contributed by atoms with van der Waals surface area (Å²) >= 11 is 3.62. The number of halogens is 1. The third kappa shape index (κ3) is 4.66. The molecule has 0 aromatic carbocycles. The molecule has 1 aromatic heterocycles. The van der Waals surface area contributed by atoms with Gasteiger partial charge in [-0.2, -0.15) is 0 Å². The lowest BCUT2D eigenvalue weighted by Crippen LogP contribution is -2.32. The lowest BCUT2D eigenvalue weighted by atomic mass is 10.1. The molecule has 2 nitrogen and oxygen atoms in total. The van der Waals surface area contributed by atoms with E-state index in [1.165, 1.54) is 5.56 Å². The van der Waals surface area contributed by atoms with Crippen LogP contribution in [0.2, 0.25) is 0 Å². The zero-order valence-corrected chi connectivity index (χ0v) is 13.1. The summed E-state index contributed by atoms with van der Waals surface area (Å²) in [5.74, 6) is 2.35. The molecular weight excluding hydrogens is 276 g/mol. The number of anilines is 1. The summed E-state index contributed by atoms with van der Waals surface area (Å²) in [4.78, 5) is 6.94. The van der Waals surface area contributed by atoms with Crippen LogP contribution in [0, 0.1) is 18.8 Å². The van der Waals surface area contributed by atoms with Crippen molar-refractivity contribution in [3.05, 3.63) is 22.3 Å². The SMILES string of the molecule is Cc1cnc(N(CC(C)C)CC(C)C)c(Br)c1. The Labute approximate surface area is 114 Å². The van der Waals surface area contributed by atoms with Gasteiger partial charge in [-0.05, 0) is 46.3 Å². The topological polar surface area (TPSA) is 16.1 Å². The predicted octanol–water partition coefficient (Wildman–Crippen LogP) is 4.27. The molecule has 3 heteroatoms. The predicted molar refractivity (Wildman–Crippen MR) is 78.6 cm³/mol. The molecule has 0 atom stereocenters. The Hall–Kier alpha value is -0.570. The van der Waals surface area contributed by atoms with Crippen molar-refractivity contribution in [2.24, 2.45) is 11.8 Å². The third-order valence-electron chi connectivity index (χ3n) is 2.43. The van der Waals surface area contributed by atoms with Crippen LogP contribution in [0.5, 0.6) is 0 Å². The number of nitrogens with zero attached hydrogens (tertiary/aromatic N) is 2. The highest BCUT2D eigenvalue weighted by Gasteiger charge is 2.14. The second-order valence-electron chi connectivity index (χ2n) is 5.51. The molecule has 0 amide bonds. The number of pyridine rings is 1. The van der Waals surface area contributed by atoms with Crippen molar-refractivity contribution in [2.45, 2.75) is 34.6 Å². The maximum absolute atomic E-state index is 4.56. The van der Waals surface area contributed by atoms with E-state index in [2.05, 4.69) is 66.5 Å². The molecule has 0 spiro atoms. The Morgan fingerprint density at radius 1 is 1.18 bits per heavy atom. The molecule has 0 saturated carbocycles. The smallest absolute Gasteiger partial charge is 0.142 e. The van der Waals surface area contributed by atoms with E-state index in [9.17, 15) is 0 Å². The first-order valence-electron chi connectivity index (χ1n) is 6.27. The number of aromatic nitrogens is 1. The van der Waals surface area contributed by atoms with Gasteiger partial charge in [-0.25, -0.2) is 4.98 Å². The molecule has 0 bridgehead atoms. The van der Waals surface area contributed by atoms with Crippen LogP contribution in [-0.2, 0) is 0 Å². The van der Waals surface area contributed by atoms with Gasteiger partial charge in [0, 0.05) is 19.3 Å². The molecule has 1 rings (SSSR count). The van der Waals surface area contributed by atoms with Crippen LogP contribution in [0.1, 0.15) is 33.3 Å². The molecule has 0 radical (unpaired) electrons. The number of rotatable bonds is 5. The van der Waals surface area contributed by atoms with Crippen molar-refractivity contribution in [1.29, 1.82) is 0 Å². The van der Waals surface area contributed by atoms with Crippen molar-refractivity contribution in [3.8, 4) is 0 Å². The van der Waals surface area contributed by atoms with Gasteiger partial charge in [0.05, 0.1) is 4.47 Å². The molecule has 0 fully saturated rings. The van der Waals surface area contributed by atoms with E-state index in [0.29, 0.717) is 11.8 Å². The quantitative estimate of drug-likeness (QED) is 0.807. The fourth-order valence-corrected chi connectivity index (χ4v) is 2.60. The Morgan fingerprint density at radius 3 is 2.12 bits per heavy atom. The summed E-state index contributed by atoms with van der Waals surface area (Å²) in [5, 5.41) is 0. The minimum Gasteiger partial charge on any atom is -0.355 e. The minimum atomic E-state index is 0.642. The van der Waals surface area contributed by atoms with Gasteiger partial charge in [-0.15, -0.1) is 0 Å². The lowest BCUT2D eigenvalue weighted by Gasteiger charge is -2.28. The van der Waals surface area contributed by atoms with Gasteiger partial charge in [-0.3, -0.25) is 0 Å². The molecule has 1 heterocycles. The highest BCUT2D eigenvalue weighted by Crippen LogP contribution is 2.25. The maximum atomic E-state index is 4.56. The van der Waals surface area contributed by atoms with E-state index < -0.39 is 0 Å². The molecule has 0 aliphatic rings. The first-order valence-corrected chi connectivity index (χ1v) is 7.06. The summed E-state index contributed by atoms with van der Waals surface area (Å²) < 4.78 is 1.10. The van der Waals surface area contributed by atoms with Crippen LogP contribution in [0.4, 0.5) is 5.82 Å². The summed E-state index contributed by atoms with van der Waals surface area (Å²) in [6.07, 6.45) is 1.94. The first kappa shape index (κ1) is 14.5. The minimum absolute atomic E-state index is 0.642. The second-order valence-corrected chi connectivity index (χ2v) is 6.37. The lowest BCUT2D eigenvalue weighted by molar-refractivity contribution is 0.548. The van der Waals surface area contributed by atoms with Crippen LogP contribution in [0.25, 0.3) is 0 Å². The molecule has 0 aliphatic heterocycles. The zero-order valence-electron chi connectivity index (χ0n) is 11.5. The van der Waals surface area contributed by atoms with Gasteiger partial charge >= 0.3 is 0 Å². The summed E-state index contributed by atoms with van der Waals surface area (Å²) in [6.45, 7) is 13.1. The monoisotopic (exact) mass is 298 g/mol. The number of hydrogen-bond acceptors (Lipinski definition) is 2. The van der Waals surface area contributed by atoms with E-state index >= 15 is 0 Å². The van der Waals surface area contributed by atoms with Gasteiger partial charge in [0.2, 0.25) is 0 Å². The normalized spacial score (nSPS) is 11.3. The van der Waals surface area contributed by atoms with Crippen LogP contribution >= 0.6 is 15.9 Å². The van der Waals surface area contributed by atoms with Gasteiger partial charge < -0.3 is 4.90 Å². The Kier molecular flexibility index (Phi) is 5.44. The fourth-order valence-electron chi connectivity index (χ4n) is 1.89. The van der Waals surface area contributed by atoms with Gasteiger partial charge in [-0.1, -0.05) is 27.7 Å². The Balaban J connectivity index is 2.95. The number of aryl methyl sites for hydroxylation is 1. The van der Waals surface area contributed by atoms with Gasteiger partial charge in [0.1, 0.15) is 5.82 Å². The van der Waals surface area contributed by atoms with Crippen LogP contribution in [0.3, 0.4) is 0 Å². The molecule has 0 aliphatic carbocycles. The molecule has 0 saturated heterocycles. The molecule has 17 heavy (non-hydrogen) atoms. The van der Waals surface area contributed by atoms with Crippen LogP contribution < -0.4 is 4.90 Å². The average molecular weight is 299 g/mol. The van der Waals surface area contributed by atoms with E-state index in [1.807, 2.05) is 6.20 Å². The highest BCUT2D eigenvalue weighted by molar-refractivity contribution is 9.10. The largest absolute Gasteiger partial charge is 0.355 e. The third-order valence-corrected chi connectivity index (χ3v) is 3.01. The van der Waals surface area contributed by atoms with Crippen molar-refractivity contribution in [1.82, 2.24) is 4.98 Å². The Morgan fingerprint density at radius 2 is 1.71 bits per heavy atom. The fraction of sp³-hybridized carbons (Fsp3) is 0.643. The summed E-state index contributed by atoms with van der Waals surface area (Å²) in [6, 6.07) is 2.13. The van der Waals surface area contributed by atoms with Gasteiger partial charge in [0.25, 0.3) is 0 Å². The van der Waals surface area contributed by atoms with Crippen LogP contribution in [0.15, 0.2) is 16.7 Å². The molecular formula is C14H23BrN2. The van der Waals surface area contributed by atoms with Crippen molar-refractivity contribution < 1.29 is 0 Å². The summed E-state index contributed by atoms with van der Waals surface area (Å²) in [5.41, 5.74) is 1.19. The second kappa shape index (κ2) is 6.39. The van der Waals surface area contributed by atoms with E-state index in [1.54, 1.807) is 0 Å². The molecule has 96 valence electrons. The van der Waals surface area contributed by atoms with Gasteiger partial charge in [0.15, 0.2) is 0 Å². The summed E-state index contributed by atoms with van der Waals surface area (Å²) in [7, 11) is 0. The average Bonchev–Trinajstić information content (AvgIpc) is 2.14. The van der Waals surface area contributed by atoms with Crippen molar-refractivity contribution in [3.63, 3.8) is 0 Å². The zero-order chi connectivity index (χ0) is 13.0.